The zero-order valence-corrected chi connectivity index (χ0v) is 13.6. The molecule has 0 aromatic heterocycles. The number of primary amides is 1. The van der Waals surface area contributed by atoms with Crippen LogP contribution in [0.3, 0.4) is 0 Å². The van der Waals surface area contributed by atoms with Gasteiger partial charge in [-0.3, -0.25) is 19.7 Å². The van der Waals surface area contributed by atoms with Gasteiger partial charge in [-0.15, -0.1) is 0 Å². The average Bonchev–Trinajstić information content (AvgIpc) is 2.59. The summed E-state index contributed by atoms with van der Waals surface area (Å²) >= 11 is 0. The lowest BCUT2D eigenvalue weighted by Gasteiger charge is -2.22. The summed E-state index contributed by atoms with van der Waals surface area (Å²) in [5.74, 6) is -0.795. The molecular formula is C18H19N3O4. The minimum atomic E-state index is -0.506. The fourth-order valence-electron chi connectivity index (χ4n) is 2.45. The minimum Gasteiger partial charge on any atom is -0.370 e. The van der Waals surface area contributed by atoms with E-state index in [4.69, 9.17) is 5.73 Å². The topological polar surface area (TPSA) is 107 Å². The van der Waals surface area contributed by atoms with Gasteiger partial charge in [0, 0.05) is 31.1 Å². The summed E-state index contributed by atoms with van der Waals surface area (Å²) in [7, 11) is 0. The molecule has 0 atom stereocenters. The molecule has 2 amide bonds. The minimum absolute atomic E-state index is 0.0372. The largest absolute Gasteiger partial charge is 0.370 e. The number of nitro benzene ring substituents is 1. The Morgan fingerprint density at radius 3 is 2.32 bits per heavy atom. The quantitative estimate of drug-likeness (QED) is 0.585. The molecule has 7 nitrogen and oxygen atoms in total. The summed E-state index contributed by atoms with van der Waals surface area (Å²) in [5.41, 5.74) is 6.34. The molecule has 0 bridgehead atoms. The molecule has 0 fully saturated rings. The SMILES string of the molecule is NC(=O)CCN(Cc1ccccc1)C(=O)Cc1ccccc1[N+](=O)[O-]. The number of nitrogens with two attached hydrogens (primary N) is 1. The highest BCUT2D eigenvalue weighted by molar-refractivity contribution is 5.81. The Labute approximate surface area is 145 Å². The van der Waals surface area contributed by atoms with E-state index in [1.54, 1.807) is 18.2 Å². The van der Waals surface area contributed by atoms with E-state index in [0.29, 0.717) is 12.1 Å². The first-order chi connectivity index (χ1) is 12.0. The van der Waals surface area contributed by atoms with Crippen LogP contribution in [0.5, 0.6) is 0 Å². The summed E-state index contributed by atoms with van der Waals surface area (Å²) in [4.78, 5) is 35.8. The zero-order valence-electron chi connectivity index (χ0n) is 13.6. The van der Waals surface area contributed by atoms with Crippen LogP contribution in [0.4, 0.5) is 5.69 Å². The van der Waals surface area contributed by atoms with Crippen LogP contribution in [0, 0.1) is 10.1 Å². The fraction of sp³-hybridized carbons (Fsp3) is 0.222. The number of carbonyl (C=O) groups is 2. The monoisotopic (exact) mass is 341 g/mol. The first-order valence-corrected chi connectivity index (χ1v) is 7.79. The van der Waals surface area contributed by atoms with E-state index in [1.807, 2.05) is 30.3 Å². The van der Waals surface area contributed by atoms with Gasteiger partial charge in [0.1, 0.15) is 0 Å². The normalized spacial score (nSPS) is 10.2. The third kappa shape index (κ3) is 5.42. The van der Waals surface area contributed by atoms with Crippen molar-refractivity contribution in [2.75, 3.05) is 6.54 Å². The van der Waals surface area contributed by atoms with E-state index >= 15 is 0 Å². The molecule has 0 aliphatic carbocycles. The van der Waals surface area contributed by atoms with Gasteiger partial charge in [0.25, 0.3) is 5.69 Å². The maximum atomic E-state index is 12.7. The Kier molecular flexibility index (Phi) is 6.22. The first-order valence-electron chi connectivity index (χ1n) is 7.79. The van der Waals surface area contributed by atoms with E-state index in [2.05, 4.69) is 0 Å². The number of para-hydroxylation sites is 1. The lowest BCUT2D eigenvalue weighted by Crippen LogP contribution is -2.34. The summed E-state index contributed by atoms with van der Waals surface area (Å²) < 4.78 is 0. The number of carbonyl (C=O) groups excluding carboxylic acids is 2. The summed E-state index contributed by atoms with van der Waals surface area (Å²) in [6.07, 6.45) is -0.0712. The van der Waals surface area contributed by atoms with Gasteiger partial charge in [-0.25, -0.2) is 0 Å². The number of nitrogens with zero attached hydrogens (tertiary/aromatic N) is 2. The highest BCUT2D eigenvalue weighted by Gasteiger charge is 2.20. The van der Waals surface area contributed by atoms with Crippen LogP contribution in [-0.4, -0.2) is 28.2 Å². The van der Waals surface area contributed by atoms with Gasteiger partial charge in [0.05, 0.1) is 11.3 Å². The van der Waals surface area contributed by atoms with Crippen molar-refractivity contribution in [3.63, 3.8) is 0 Å². The average molecular weight is 341 g/mol. The number of nitro groups is 1. The summed E-state index contributed by atoms with van der Waals surface area (Å²) in [6, 6.07) is 15.5. The molecule has 2 aromatic rings. The molecule has 7 heteroatoms. The molecule has 0 saturated carbocycles. The van der Waals surface area contributed by atoms with E-state index < -0.39 is 10.8 Å². The number of hydrogen-bond donors (Lipinski definition) is 1. The number of hydrogen-bond acceptors (Lipinski definition) is 4. The van der Waals surface area contributed by atoms with E-state index in [1.165, 1.54) is 11.0 Å². The summed E-state index contributed by atoms with van der Waals surface area (Å²) in [6.45, 7) is 0.483. The Morgan fingerprint density at radius 2 is 1.68 bits per heavy atom. The summed E-state index contributed by atoms with van der Waals surface area (Å²) in [5, 5.41) is 11.1. The second kappa shape index (κ2) is 8.58. The number of rotatable bonds is 8. The Bertz CT molecular complexity index is 762. The highest BCUT2D eigenvalue weighted by atomic mass is 16.6. The maximum Gasteiger partial charge on any atom is 0.273 e. The highest BCUT2D eigenvalue weighted by Crippen LogP contribution is 2.19. The predicted octanol–water partition coefficient (Wildman–Crippen LogP) is 2.04. The molecule has 0 heterocycles. The number of benzene rings is 2. The van der Waals surface area contributed by atoms with Crippen molar-refractivity contribution in [2.24, 2.45) is 5.73 Å². The van der Waals surface area contributed by atoms with Crippen LogP contribution >= 0.6 is 0 Å². The van der Waals surface area contributed by atoms with Crippen molar-refractivity contribution in [2.45, 2.75) is 19.4 Å². The number of amides is 2. The molecule has 0 spiro atoms. The van der Waals surface area contributed by atoms with Gasteiger partial charge >= 0.3 is 0 Å². The van der Waals surface area contributed by atoms with E-state index in [-0.39, 0.29) is 31.0 Å². The van der Waals surface area contributed by atoms with Crippen molar-refractivity contribution in [1.29, 1.82) is 0 Å². The van der Waals surface area contributed by atoms with Crippen molar-refractivity contribution < 1.29 is 14.5 Å². The molecule has 0 radical (unpaired) electrons. The van der Waals surface area contributed by atoms with Crippen molar-refractivity contribution in [3.8, 4) is 0 Å². The van der Waals surface area contributed by atoms with Crippen molar-refractivity contribution in [1.82, 2.24) is 4.90 Å². The molecule has 0 aliphatic rings. The van der Waals surface area contributed by atoms with Crippen molar-refractivity contribution >= 4 is 17.5 Å². The van der Waals surface area contributed by atoms with Gasteiger partial charge in [-0.2, -0.15) is 0 Å². The third-order valence-electron chi connectivity index (χ3n) is 3.73. The zero-order chi connectivity index (χ0) is 18.2. The first kappa shape index (κ1) is 18.1. The fourth-order valence-corrected chi connectivity index (χ4v) is 2.45. The van der Waals surface area contributed by atoms with Crippen LogP contribution in [0.15, 0.2) is 54.6 Å². The molecule has 25 heavy (non-hydrogen) atoms. The van der Waals surface area contributed by atoms with Crippen LogP contribution in [-0.2, 0) is 22.6 Å². The standard InChI is InChI=1S/C18H19N3O4/c19-17(22)10-11-20(13-14-6-2-1-3-7-14)18(23)12-15-8-4-5-9-16(15)21(24)25/h1-9H,10-13H2,(H2,19,22). The van der Waals surface area contributed by atoms with Gasteiger partial charge in [-0.05, 0) is 5.56 Å². The molecule has 2 rings (SSSR count). The molecule has 2 aromatic carbocycles. The van der Waals surface area contributed by atoms with E-state index in [9.17, 15) is 19.7 Å². The molecule has 130 valence electrons. The van der Waals surface area contributed by atoms with E-state index in [0.717, 1.165) is 5.56 Å². The van der Waals surface area contributed by atoms with Crippen molar-refractivity contribution in [3.05, 3.63) is 75.8 Å². The van der Waals surface area contributed by atoms with Crippen LogP contribution in [0.1, 0.15) is 17.5 Å². The molecular weight excluding hydrogens is 322 g/mol. The van der Waals surface area contributed by atoms with Gasteiger partial charge in [0.2, 0.25) is 11.8 Å². The van der Waals surface area contributed by atoms with Gasteiger partial charge < -0.3 is 10.6 Å². The Hall–Kier alpha value is -3.22. The van der Waals surface area contributed by atoms with Crippen LogP contribution in [0.2, 0.25) is 0 Å². The lowest BCUT2D eigenvalue weighted by atomic mass is 10.1. The second-order valence-electron chi connectivity index (χ2n) is 5.58. The second-order valence-corrected chi connectivity index (χ2v) is 5.58. The predicted molar refractivity (Wildman–Crippen MR) is 92.5 cm³/mol. The van der Waals surface area contributed by atoms with Gasteiger partial charge in [0.15, 0.2) is 0 Å². The molecule has 0 saturated heterocycles. The van der Waals surface area contributed by atoms with Gasteiger partial charge in [-0.1, -0.05) is 48.5 Å². The third-order valence-corrected chi connectivity index (χ3v) is 3.73. The Morgan fingerprint density at radius 1 is 1.04 bits per heavy atom. The molecule has 0 unspecified atom stereocenters. The molecule has 2 N–H and O–H groups in total. The lowest BCUT2D eigenvalue weighted by molar-refractivity contribution is -0.385. The smallest absolute Gasteiger partial charge is 0.273 e. The Balaban J connectivity index is 2.17. The van der Waals surface area contributed by atoms with Crippen LogP contribution in [0.25, 0.3) is 0 Å². The molecule has 0 aliphatic heterocycles. The van der Waals surface area contributed by atoms with Crippen LogP contribution < -0.4 is 5.73 Å². The maximum absolute atomic E-state index is 12.7.